The third-order valence-corrected chi connectivity index (χ3v) is 2.70. The molecule has 8 heteroatoms. The van der Waals surface area contributed by atoms with E-state index in [2.05, 4.69) is 0 Å². The summed E-state index contributed by atoms with van der Waals surface area (Å²) in [6.45, 7) is 0. The first-order chi connectivity index (χ1) is 7.70. The summed E-state index contributed by atoms with van der Waals surface area (Å²) in [5, 5.41) is -1.07. The van der Waals surface area contributed by atoms with Crippen LogP contribution in [0.5, 0.6) is 0 Å². The Kier molecular flexibility index (Phi) is 4.16. The molecule has 0 saturated heterocycles. The van der Waals surface area contributed by atoms with Crippen LogP contribution >= 0.6 is 11.6 Å². The lowest BCUT2D eigenvalue weighted by atomic mass is 10.1. The number of alkyl halides is 3. The summed E-state index contributed by atoms with van der Waals surface area (Å²) in [6, 6.07) is 2.28. The van der Waals surface area contributed by atoms with Crippen LogP contribution in [0.25, 0.3) is 0 Å². The minimum absolute atomic E-state index is 0.125. The van der Waals surface area contributed by atoms with Gasteiger partial charge in [-0.15, -0.1) is 0 Å². The van der Waals surface area contributed by atoms with Crippen LogP contribution in [0.15, 0.2) is 18.2 Å². The van der Waals surface area contributed by atoms with Crippen molar-refractivity contribution in [1.29, 1.82) is 0 Å². The average Bonchev–Trinajstić information content (AvgIpc) is 2.14. The molecule has 0 atom stereocenters. The molecule has 17 heavy (non-hydrogen) atoms. The summed E-state index contributed by atoms with van der Waals surface area (Å²) in [5.74, 6) is -0.573. The molecule has 0 spiro atoms. The molecule has 3 nitrogen and oxygen atoms in total. The first-order valence-electron chi connectivity index (χ1n) is 4.23. The fourth-order valence-electron chi connectivity index (χ4n) is 1.21. The summed E-state index contributed by atoms with van der Waals surface area (Å²) in [5.41, 5.74) is -1.61. The zero-order valence-corrected chi connectivity index (χ0v) is 9.77. The maximum Gasteiger partial charge on any atom is 0.416 e. The van der Waals surface area contributed by atoms with Crippen molar-refractivity contribution in [3.05, 3.63) is 34.9 Å². The lowest BCUT2D eigenvalue weighted by molar-refractivity contribution is -0.137. The number of carbonyl (C=O) groups excluding carboxylic acids is 1. The Morgan fingerprint density at radius 2 is 1.82 bits per heavy atom. The highest BCUT2D eigenvalue weighted by molar-refractivity contribution is 7.71. The molecule has 0 aliphatic carbocycles. The van der Waals surface area contributed by atoms with E-state index in [-0.39, 0.29) is 11.1 Å². The molecule has 0 aliphatic rings. The molecule has 94 valence electrons. The number of benzene rings is 1. The van der Waals surface area contributed by atoms with E-state index in [4.69, 9.17) is 11.6 Å². The van der Waals surface area contributed by atoms with Gasteiger partial charge in [0.05, 0.1) is 11.3 Å². The van der Waals surface area contributed by atoms with Crippen LogP contribution < -0.4 is 0 Å². The second-order valence-corrected chi connectivity index (χ2v) is 4.51. The lowest BCUT2D eigenvalue weighted by Gasteiger charge is -2.09. The Hall–Kier alpha value is -1.08. The SMILES string of the molecule is O=C(Cl)c1cc(C[SH](=O)=O)cc(C(F)(F)F)c1. The molecular formula is C9H6ClF3O3S. The highest BCUT2D eigenvalue weighted by Crippen LogP contribution is 2.31. The predicted octanol–water partition coefficient (Wildman–Crippen LogP) is 2.20. The van der Waals surface area contributed by atoms with Gasteiger partial charge in [0.15, 0.2) is 0 Å². The van der Waals surface area contributed by atoms with Gasteiger partial charge in [0.25, 0.3) is 5.24 Å². The van der Waals surface area contributed by atoms with Gasteiger partial charge in [-0.1, -0.05) is 0 Å². The molecule has 0 unspecified atom stereocenters. The molecular weight excluding hydrogens is 281 g/mol. The smallest absolute Gasteiger partial charge is 0.276 e. The van der Waals surface area contributed by atoms with Crippen molar-refractivity contribution in [2.75, 3.05) is 0 Å². The summed E-state index contributed by atoms with van der Waals surface area (Å²) >= 11 is 5.08. The van der Waals surface area contributed by atoms with Crippen molar-refractivity contribution < 1.29 is 26.4 Å². The van der Waals surface area contributed by atoms with Crippen molar-refractivity contribution >= 4 is 27.5 Å². The van der Waals surface area contributed by atoms with Gasteiger partial charge in [0, 0.05) is 5.56 Å². The molecule has 0 radical (unpaired) electrons. The van der Waals surface area contributed by atoms with Crippen LogP contribution in [0, 0.1) is 0 Å². The van der Waals surface area contributed by atoms with E-state index in [1.54, 1.807) is 0 Å². The maximum atomic E-state index is 12.4. The number of hydrogen-bond acceptors (Lipinski definition) is 3. The first-order valence-corrected chi connectivity index (χ1v) is 5.97. The van der Waals surface area contributed by atoms with Crippen molar-refractivity contribution in [2.45, 2.75) is 11.9 Å². The zero-order chi connectivity index (χ0) is 13.2. The Bertz CT molecular complexity index is 515. The van der Waals surface area contributed by atoms with E-state index in [0.29, 0.717) is 12.1 Å². The van der Waals surface area contributed by atoms with Crippen LogP contribution in [0.2, 0.25) is 0 Å². The molecule has 0 amide bonds. The fourth-order valence-corrected chi connectivity index (χ4v) is 1.80. The van der Waals surface area contributed by atoms with Gasteiger partial charge in [0.1, 0.15) is 10.7 Å². The number of carbonyl (C=O) groups is 1. The summed E-state index contributed by atoms with van der Waals surface area (Å²) < 4.78 is 58.2. The maximum absolute atomic E-state index is 12.4. The highest BCUT2D eigenvalue weighted by Gasteiger charge is 2.31. The van der Waals surface area contributed by atoms with Crippen LogP contribution in [-0.4, -0.2) is 13.7 Å². The van der Waals surface area contributed by atoms with E-state index < -0.39 is 33.4 Å². The molecule has 0 N–H and O–H groups in total. The second kappa shape index (κ2) is 5.05. The number of thiol groups is 1. The molecule has 1 aromatic carbocycles. The van der Waals surface area contributed by atoms with Gasteiger partial charge in [-0.3, -0.25) is 4.79 Å². The van der Waals surface area contributed by atoms with E-state index in [0.717, 1.165) is 6.07 Å². The normalized spacial score (nSPS) is 11.8. The summed E-state index contributed by atoms with van der Waals surface area (Å²) in [6.07, 6.45) is -4.66. The summed E-state index contributed by atoms with van der Waals surface area (Å²) in [4.78, 5) is 10.8. The molecule has 0 aromatic heterocycles. The van der Waals surface area contributed by atoms with Gasteiger partial charge in [-0.25, -0.2) is 8.42 Å². The first kappa shape index (κ1) is 14.0. The molecule has 1 aromatic rings. The second-order valence-electron chi connectivity index (χ2n) is 3.18. The Morgan fingerprint density at radius 3 is 2.24 bits per heavy atom. The minimum atomic E-state index is -4.66. The standard InChI is InChI=1S/C9H6ClF3O3S/c10-8(14)6-1-5(4-17(15)16)2-7(3-6)9(11,12)13/h1-3,17H,4H2. The van der Waals surface area contributed by atoms with Gasteiger partial charge >= 0.3 is 6.18 Å². The van der Waals surface area contributed by atoms with Crippen LogP contribution in [0.4, 0.5) is 13.2 Å². The monoisotopic (exact) mass is 286 g/mol. The fraction of sp³-hybridized carbons (Fsp3) is 0.222. The van der Waals surface area contributed by atoms with E-state index in [9.17, 15) is 26.4 Å². The average molecular weight is 287 g/mol. The Labute approximate surface area is 101 Å². The zero-order valence-electron chi connectivity index (χ0n) is 8.12. The Balaban J connectivity index is 3.33. The van der Waals surface area contributed by atoms with Gasteiger partial charge in [-0.05, 0) is 35.4 Å². The highest BCUT2D eigenvalue weighted by atomic mass is 35.5. The lowest BCUT2D eigenvalue weighted by Crippen LogP contribution is -2.08. The molecule has 0 fully saturated rings. The number of rotatable bonds is 3. The molecule has 1 rings (SSSR count). The Morgan fingerprint density at radius 1 is 1.24 bits per heavy atom. The van der Waals surface area contributed by atoms with Gasteiger partial charge < -0.3 is 0 Å². The van der Waals surface area contributed by atoms with Crippen LogP contribution in [0.1, 0.15) is 21.5 Å². The largest absolute Gasteiger partial charge is 0.416 e. The van der Waals surface area contributed by atoms with Crippen LogP contribution in [-0.2, 0) is 22.6 Å². The molecule has 0 aliphatic heterocycles. The van der Waals surface area contributed by atoms with Crippen molar-refractivity contribution in [3.63, 3.8) is 0 Å². The summed E-state index contributed by atoms with van der Waals surface area (Å²) in [7, 11) is -2.88. The number of hydrogen-bond donors (Lipinski definition) is 1. The predicted molar refractivity (Wildman–Crippen MR) is 55.6 cm³/mol. The molecule has 0 bridgehead atoms. The van der Waals surface area contributed by atoms with Gasteiger partial charge in [0.2, 0.25) is 0 Å². The topological polar surface area (TPSA) is 51.2 Å². The molecule has 0 saturated carbocycles. The quantitative estimate of drug-likeness (QED) is 0.684. The minimum Gasteiger partial charge on any atom is -0.276 e. The van der Waals surface area contributed by atoms with E-state index >= 15 is 0 Å². The van der Waals surface area contributed by atoms with Gasteiger partial charge in [-0.2, -0.15) is 13.2 Å². The van der Waals surface area contributed by atoms with E-state index in [1.807, 2.05) is 0 Å². The van der Waals surface area contributed by atoms with Crippen molar-refractivity contribution in [2.24, 2.45) is 0 Å². The third kappa shape index (κ3) is 4.01. The van der Waals surface area contributed by atoms with E-state index in [1.165, 1.54) is 0 Å². The molecule has 0 heterocycles. The van der Waals surface area contributed by atoms with Crippen molar-refractivity contribution in [3.8, 4) is 0 Å². The van der Waals surface area contributed by atoms with Crippen LogP contribution in [0.3, 0.4) is 0 Å². The number of halogens is 4. The van der Waals surface area contributed by atoms with Crippen molar-refractivity contribution in [1.82, 2.24) is 0 Å². The third-order valence-electron chi connectivity index (χ3n) is 1.86.